The highest BCUT2D eigenvalue weighted by Crippen LogP contribution is 2.63. The molecule has 18 atom stereocenters. The average molecular weight is 1940 g/mol. The molecule has 6 fully saturated rings. The molecule has 23 nitrogen and oxygen atoms in total. The largest absolute Gasteiger partial charge is 0.481 e. The van der Waals surface area contributed by atoms with Crippen molar-refractivity contribution in [3.8, 4) is 18.2 Å². The summed E-state index contributed by atoms with van der Waals surface area (Å²) >= 11 is 21.3. The molecular formula is C99H163N3O20S7. The molecule has 0 amide bonds. The third kappa shape index (κ3) is 36.8. The van der Waals surface area contributed by atoms with Gasteiger partial charge in [0.05, 0.1) is 112 Å². The number of methoxy groups -OCH3 is 2. The second kappa shape index (κ2) is 52.0. The lowest BCUT2D eigenvalue weighted by atomic mass is 9.60. The van der Waals surface area contributed by atoms with Crippen LogP contribution in [0.15, 0.2) is 0 Å². The number of esters is 6. The molecule has 6 aliphatic rings. The van der Waals surface area contributed by atoms with Crippen molar-refractivity contribution < 1.29 is 95.9 Å². The third-order valence-electron chi connectivity index (χ3n) is 27.1. The van der Waals surface area contributed by atoms with Crippen molar-refractivity contribution in [3.63, 3.8) is 0 Å². The first-order valence-corrected chi connectivity index (χ1v) is 52.6. The number of nitrogens with zero attached hydrogens (tertiary/aromatic N) is 3. The van der Waals surface area contributed by atoms with E-state index < -0.39 is 113 Å². The zero-order valence-corrected chi connectivity index (χ0v) is 88.6. The Morgan fingerprint density at radius 1 is 0.403 bits per heavy atom. The zero-order valence-electron chi connectivity index (χ0n) is 82.8. The molecule has 736 valence electrons. The van der Waals surface area contributed by atoms with Crippen LogP contribution in [0.1, 0.15) is 325 Å². The number of carboxylic acid groups (broad SMARTS) is 2. The van der Waals surface area contributed by atoms with Crippen LogP contribution in [0.25, 0.3) is 0 Å². The Kier molecular flexibility index (Phi) is 47.3. The van der Waals surface area contributed by atoms with E-state index in [1.54, 1.807) is 151 Å². The molecule has 129 heavy (non-hydrogen) atoms. The lowest BCUT2D eigenvalue weighted by Gasteiger charge is -2.44. The highest BCUT2D eigenvalue weighted by molar-refractivity contribution is 8.47. The summed E-state index contributed by atoms with van der Waals surface area (Å²) < 4.78 is 59.1. The van der Waals surface area contributed by atoms with Crippen molar-refractivity contribution in [1.29, 1.82) is 15.8 Å². The number of aliphatic carboxylic acids is 2. The van der Waals surface area contributed by atoms with E-state index in [0.717, 1.165) is 60.6 Å². The smallest absolute Gasteiger partial charge is 0.313 e. The van der Waals surface area contributed by atoms with E-state index in [2.05, 4.69) is 37.8 Å². The Balaban J connectivity index is 0.000000499. The molecule has 2 N–H and O–H groups in total. The topological polar surface area (TPSA) is 341 Å². The number of hydrogen-bond acceptors (Lipinski definition) is 28. The molecule has 0 aliphatic heterocycles. The first-order valence-electron chi connectivity index (χ1n) is 47.1. The molecule has 6 saturated carbocycles. The molecule has 0 spiro atoms. The van der Waals surface area contributed by atoms with Crippen molar-refractivity contribution in [2.75, 3.05) is 90.6 Å². The maximum absolute atomic E-state index is 15.2. The number of fused-ring (bicyclic) bond motifs is 10. The molecule has 30 heteroatoms. The van der Waals surface area contributed by atoms with Gasteiger partial charge in [-0.1, -0.05) is 114 Å². The Morgan fingerprint density at radius 2 is 0.752 bits per heavy atom. The minimum absolute atomic E-state index is 0.0307. The molecule has 18 unspecified atom stereocenters. The summed E-state index contributed by atoms with van der Waals surface area (Å²) in [5.74, 6) is -0.813. The van der Waals surface area contributed by atoms with E-state index in [9.17, 15) is 54.3 Å². The molecule has 0 aromatic carbocycles. The molecule has 0 aromatic rings. The summed E-state index contributed by atoms with van der Waals surface area (Å²) in [5, 5.41) is 50.2. The van der Waals surface area contributed by atoms with Gasteiger partial charge in [0.15, 0.2) is 0 Å². The van der Waals surface area contributed by atoms with Gasteiger partial charge in [0.1, 0.15) is 48.4 Å². The fourth-order valence-electron chi connectivity index (χ4n) is 22.0. The number of rotatable bonds is 53. The standard InChI is InChI=1S/C53H89NO10S3.C40H65NO10S.C6H9NS3/c1-12-13-14-15-16-17-18-19-20-21-29-66-47(65)67-37-53(10,46(59)64-48(2,3)4)35-51(8,44(57)62-28-27-61-26-25-60-11)34-52(9,33-50(7,43(55)56)32-49(5,6)36-54)45(58)63-42-31-38-30-41(42)40-24-22-23-39(38)40;1-35(2,3)51-34(46)40(9,25-52)23-38(7,32(44)49-17-16-48-15-14-47-10)22-39(8,21-37(6,31(42)43)20-36(4,5)24-41)33(45)50-30-19-26-18-29(30)28-13-11-12-27(26)28;1-6(2,4-7)10-5(8)9-3/h38-42H,12-35,37H2,1-11H3,(H,55,56);26-30,52H,11-23,25H2,1-10H3,(H,42,43);1-3H3. The zero-order chi connectivity index (χ0) is 97.6. The Bertz CT molecular complexity index is 3810. The summed E-state index contributed by atoms with van der Waals surface area (Å²) in [4.78, 5) is 114. The van der Waals surface area contributed by atoms with Gasteiger partial charge < -0.3 is 57.6 Å². The second-order valence-electron chi connectivity index (χ2n) is 44.1. The molecule has 0 saturated heterocycles. The second-order valence-corrected chi connectivity index (χ2v) is 51.3. The van der Waals surface area contributed by atoms with Crippen LogP contribution >= 0.6 is 84.1 Å². The van der Waals surface area contributed by atoms with Gasteiger partial charge in [-0.15, -0.1) is 35.3 Å². The number of thiol groups is 1. The Hall–Kier alpha value is -4.00. The van der Waals surface area contributed by atoms with Crippen molar-refractivity contribution in [2.45, 2.75) is 353 Å². The van der Waals surface area contributed by atoms with Crippen LogP contribution in [-0.4, -0.2) is 184 Å². The molecular weight excluding hydrogens is 1780 g/mol. The number of hydrogen-bond donors (Lipinski definition) is 3. The number of thiocarbonyl (C=S) groups is 2. The lowest BCUT2D eigenvalue weighted by Crippen LogP contribution is -2.50. The van der Waals surface area contributed by atoms with E-state index in [1.807, 2.05) is 20.1 Å². The van der Waals surface area contributed by atoms with E-state index in [-0.39, 0.29) is 118 Å². The molecule has 0 radical (unpaired) electrons. The molecule has 0 heterocycles. The van der Waals surface area contributed by atoms with Crippen LogP contribution < -0.4 is 0 Å². The fourth-order valence-corrected chi connectivity index (χ4v) is 26.6. The van der Waals surface area contributed by atoms with Gasteiger partial charge in [-0.2, -0.15) is 28.4 Å². The summed E-state index contributed by atoms with van der Waals surface area (Å²) in [5.41, 5.74) is -15.6. The van der Waals surface area contributed by atoms with Crippen LogP contribution in [0.3, 0.4) is 0 Å². The molecule has 0 aromatic heterocycles. The van der Waals surface area contributed by atoms with Crippen molar-refractivity contribution in [3.05, 3.63) is 0 Å². The van der Waals surface area contributed by atoms with Gasteiger partial charge in [0, 0.05) is 25.7 Å². The van der Waals surface area contributed by atoms with Crippen LogP contribution in [0.4, 0.5) is 0 Å². The summed E-state index contributed by atoms with van der Waals surface area (Å²) in [6.07, 6.45) is 23.4. The predicted molar refractivity (Wildman–Crippen MR) is 525 cm³/mol. The maximum Gasteiger partial charge on any atom is 0.313 e. The summed E-state index contributed by atoms with van der Waals surface area (Å²) in [6, 6.07) is 6.63. The first-order chi connectivity index (χ1) is 59.8. The Morgan fingerprint density at radius 3 is 1.11 bits per heavy atom. The fraction of sp³-hybridized carbons (Fsp3) is 0.869. The molecule has 6 rings (SSSR count). The maximum atomic E-state index is 15.2. The minimum atomic E-state index is -1.57. The van der Waals surface area contributed by atoms with E-state index in [1.165, 1.54) is 112 Å². The predicted octanol–water partition coefficient (Wildman–Crippen LogP) is 22.5. The highest BCUT2D eigenvalue weighted by atomic mass is 32.2. The Labute approximate surface area is 808 Å². The van der Waals surface area contributed by atoms with Gasteiger partial charge in [0.2, 0.25) is 0 Å². The first kappa shape index (κ1) is 117. The van der Waals surface area contributed by atoms with E-state index in [0.29, 0.717) is 65.5 Å². The van der Waals surface area contributed by atoms with Gasteiger partial charge in [0.25, 0.3) is 0 Å². The number of carbonyl (C=O) groups excluding carboxylic acids is 6. The quantitative estimate of drug-likeness (QED) is 0.0167. The van der Waals surface area contributed by atoms with E-state index in [4.69, 9.17) is 77.1 Å². The monoisotopic (exact) mass is 1940 g/mol. The van der Waals surface area contributed by atoms with Crippen molar-refractivity contribution >= 4 is 139 Å². The van der Waals surface area contributed by atoms with Gasteiger partial charge in [-0.05, 0) is 307 Å². The normalized spacial score (nSPS) is 24.1. The summed E-state index contributed by atoms with van der Waals surface area (Å²) in [7, 11) is 3.12. The number of thioether (sulfide) groups is 4. The molecule has 6 aliphatic carbocycles. The highest BCUT2D eigenvalue weighted by Gasteiger charge is 2.62. The lowest BCUT2D eigenvalue weighted by molar-refractivity contribution is -0.180. The third-order valence-corrected chi connectivity index (χ3v) is 33.6. The average Bonchev–Trinajstić information content (AvgIpc) is 1.63. The number of unbranched alkanes of at least 4 members (excludes halogenated alkanes) is 9. The van der Waals surface area contributed by atoms with Crippen LogP contribution in [0, 0.1) is 135 Å². The summed E-state index contributed by atoms with van der Waals surface area (Å²) in [6.45, 7) is 38.0. The SMILES string of the molecule is CCCCCCCCCCCCSC(=S)SCC(C)(CC(C)(CC(C)(CC(C)(CC(C)(C)C#N)C(=O)O)C(=O)OC1CC2CC1C1CCCC21)C(=O)OCCOCCOC)C(=O)OC(C)(C)C.COCCOCCOC(=O)C(C)(CC(C)(CC(C)(CC(C)(C)C#N)C(=O)O)C(=O)OC1CC2CC1C1CCCC21)CC(C)(CS)C(=O)OC(C)(C)C.CSC(=S)SC(C)(C)C#N. The van der Waals surface area contributed by atoms with Crippen LogP contribution in [0.5, 0.6) is 0 Å². The minimum Gasteiger partial charge on any atom is -0.481 e. The van der Waals surface area contributed by atoms with Gasteiger partial charge >= 0.3 is 47.8 Å². The number of carbonyl (C=O) groups is 8. The van der Waals surface area contributed by atoms with Gasteiger partial charge in [-0.3, -0.25) is 38.4 Å². The number of carboxylic acids is 2. The number of nitriles is 3. The van der Waals surface area contributed by atoms with Crippen molar-refractivity contribution in [2.24, 2.45) is 101 Å². The van der Waals surface area contributed by atoms with E-state index >= 15 is 4.79 Å². The number of ether oxygens (including phenoxy) is 10. The van der Waals surface area contributed by atoms with Crippen LogP contribution in [-0.2, 0) is 85.7 Å². The van der Waals surface area contributed by atoms with Gasteiger partial charge in [-0.25, -0.2) is 0 Å². The molecule has 4 bridgehead atoms. The van der Waals surface area contributed by atoms with Crippen molar-refractivity contribution in [1.82, 2.24) is 0 Å². The van der Waals surface area contributed by atoms with Crippen LogP contribution in [0.2, 0.25) is 0 Å².